The predicted octanol–water partition coefficient (Wildman–Crippen LogP) is 2.94. The second kappa shape index (κ2) is 7.03. The molecular formula is C18H23N3O3. The van der Waals surface area contributed by atoms with Gasteiger partial charge in [-0.05, 0) is 46.0 Å². The van der Waals surface area contributed by atoms with E-state index in [2.05, 4.69) is 16.4 Å². The van der Waals surface area contributed by atoms with Crippen molar-refractivity contribution in [3.8, 4) is 0 Å². The lowest BCUT2D eigenvalue weighted by Crippen LogP contribution is -2.27. The summed E-state index contributed by atoms with van der Waals surface area (Å²) in [5.41, 5.74) is 1.70. The van der Waals surface area contributed by atoms with Crippen molar-refractivity contribution < 1.29 is 9.21 Å². The zero-order chi connectivity index (χ0) is 17.1. The first kappa shape index (κ1) is 16.5. The highest BCUT2D eigenvalue weighted by Crippen LogP contribution is 2.22. The van der Waals surface area contributed by atoms with Gasteiger partial charge in [0.1, 0.15) is 17.5 Å². The molecule has 0 saturated heterocycles. The summed E-state index contributed by atoms with van der Waals surface area (Å²) in [6, 6.07) is 0. The maximum Gasteiger partial charge on any atom is 0.265 e. The molecule has 0 saturated carbocycles. The van der Waals surface area contributed by atoms with Gasteiger partial charge in [0.15, 0.2) is 0 Å². The van der Waals surface area contributed by atoms with Crippen molar-refractivity contribution in [3.05, 3.63) is 39.7 Å². The van der Waals surface area contributed by atoms with E-state index in [1.807, 2.05) is 6.92 Å². The van der Waals surface area contributed by atoms with E-state index in [0.29, 0.717) is 24.4 Å². The molecule has 0 bridgehead atoms. The van der Waals surface area contributed by atoms with Crippen LogP contribution in [0.4, 0.5) is 0 Å². The average Bonchev–Trinajstić information content (AvgIpc) is 2.93. The third-order valence-corrected chi connectivity index (χ3v) is 4.54. The summed E-state index contributed by atoms with van der Waals surface area (Å²) >= 11 is 0. The zero-order valence-electron chi connectivity index (χ0n) is 14.2. The molecule has 1 aliphatic rings. The molecule has 6 heteroatoms. The van der Waals surface area contributed by atoms with Crippen LogP contribution in [0.1, 0.15) is 55.1 Å². The topological polar surface area (TPSA) is 77.1 Å². The second-order valence-electron chi connectivity index (χ2n) is 6.16. The number of aryl methyl sites for hydroxylation is 2. The predicted molar refractivity (Wildman–Crippen MR) is 92.2 cm³/mol. The Hall–Kier alpha value is -2.37. The van der Waals surface area contributed by atoms with Gasteiger partial charge in [0, 0.05) is 13.1 Å². The summed E-state index contributed by atoms with van der Waals surface area (Å²) in [6.45, 7) is 4.62. The third-order valence-electron chi connectivity index (χ3n) is 4.54. The number of amides is 1. The molecule has 1 N–H and O–H groups in total. The van der Waals surface area contributed by atoms with E-state index in [1.165, 1.54) is 29.3 Å². The van der Waals surface area contributed by atoms with E-state index in [4.69, 9.17) is 4.42 Å². The van der Waals surface area contributed by atoms with Crippen molar-refractivity contribution in [2.75, 3.05) is 6.54 Å². The SMILES string of the molecule is CCn1cnc2oc(C)c(C(=O)NCCC3=CCCCC3)c2c1=O. The molecule has 1 aliphatic carbocycles. The fraction of sp³-hybridized carbons (Fsp3) is 0.500. The van der Waals surface area contributed by atoms with Gasteiger partial charge in [0.05, 0.1) is 5.56 Å². The zero-order valence-corrected chi connectivity index (χ0v) is 14.2. The maximum atomic E-state index is 12.6. The van der Waals surface area contributed by atoms with Gasteiger partial charge >= 0.3 is 0 Å². The minimum Gasteiger partial charge on any atom is -0.442 e. The van der Waals surface area contributed by atoms with Gasteiger partial charge in [-0.15, -0.1) is 0 Å². The van der Waals surface area contributed by atoms with Crippen LogP contribution in [0.3, 0.4) is 0 Å². The first-order chi connectivity index (χ1) is 11.6. The molecule has 24 heavy (non-hydrogen) atoms. The molecule has 2 aromatic rings. The van der Waals surface area contributed by atoms with E-state index in [0.717, 1.165) is 19.3 Å². The molecule has 0 unspecified atom stereocenters. The highest BCUT2D eigenvalue weighted by Gasteiger charge is 2.22. The van der Waals surface area contributed by atoms with E-state index < -0.39 is 0 Å². The molecule has 2 heterocycles. The Kier molecular flexibility index (Phi) is 4.83. The number of aromatic nitrogens is 2. The number of nitrogens with zero attached hydrogens (tertiary/aromatic N) is 2. The van der Waals surface area contributed by atoms with E-state index >= 15 is 0 Å². The van der Waals surface area contributed by atoms with E-state index in [1.54, 1.807) is 6.92 Å². The van der Waals surface area contributed by atoms with Crippen molar-refractivity contribution in [2.24, 2.45) is 0 Å². The number of allylic oxidation sites excluding steroid dienone is 1. The van der Waals surface area contributed by atoms with Crippen molar-refractivity contribution >= 4 is 17.0 Å². The number of nitrogens with one attached hydrogen (secondary N) is 1. The van der Waals surface area contributed by atoms with Crippen LogP contribution in [0.15, 0.2) is 27.2 Å². The standard InChI is InChI=1S/C18H23N3O3/c1-3-21-11-20-17-15(18(21)23)14(12(2)24-17)16(22)19-10-9-13-7-5-4-6-8-13/h7,11H,3-6,8-10H2,1-2H3,(H,19,22). The highest BCUT2D eigenvalue weighted by atomic mass is 16.3. The number of hydrogen-bond donors (Lipinski definition) is 1. The van der Waals surface area contributed by atoms with Crippen LogP contribution < -0.4 is 10.9 Å². The van der Waals surface area contributed by atoms with Crippen molar-refractivity contribution in [2.45, 2.75) is 52.5 Å². The van der Waals surface area contributed by atoms with Crippen LogP contribution in [0.2, 0.25) is 0 Å². The minimum absolute atomic E-state index is 0.224. The largest absolute Gasteiger partial charge is 0.442 e. The highest BCUT2D eigenvalue weighted by molar-refractivity contribution is 6.06. The van der Waals surface area contributed by atoms with Gasteiger partial charge < -0.3 is 9.73 Å². The van der Waals surface area contributed by atoms with Crippen molar-refractivity contribution in [3.63, 3.8) is 0 Å². The van der Waals surface area contributed by atoms with Crippen LogP contribution >= 0.6 is 0 Å². The molecule has 2 aromatic heterocycles. The Bertz CT molecular complexity index is 845. The van der Waals surface area contributed by atoms with Crippen LogP contribution in [-0.4, -0.2) is 22.0 Å². The van der Waals surface area contributed by atoms with Crippen LogP contribution in [0.5, 0.6) is 0 Å². The molecule has 0 atom stereocenters. The smallest absolute Gasteiger partial charge is 0.265 e. The summed E-state index contributed by atoms with van der Waals surface area (Å²) in [7, 11) is 0. The lowest BCUT2D eigenvalue weighted by Gasteiger charge is -2.12. The first-order valence-corrected chi connectivity index (χ1v) is 8.56. The van der Waals surface area contributed by atoms with Gasteiger partial charge in [0.25, 0.3) is 11.5 Å². The monoisotopic (exact) mass is 329 g/mol. The van der Waals surface area contributed by atoms with Crippen molar-refractivity contribution in [1.29, 1.82) is 0 Å². The fourth-order valence-corrected chi connectivity index (χ4v) is 3.19. The average molecular weight is 329 g/mol. The number of furan rings is 1. The minimum atomic E-state index is -0.268. The molecule has 0 fully saturated rings. The maximum absolute atomic E-state index is 12.6. The van der Waals surface area contributed by atoms with Crippen LogP contribution in [0, 0.1) is 6.92 Å². The number of carbonyl (C=O) groups excluding carboxylic acids is 1. The van der Waals surface area contributed by atoms with Gasteiger partial charge in [-0.2, -0.15) is 0 Å². The van der Waals surface area contributed by atoms with Crippen LogP contribution in [-0.2, 0) is 6.54 Å². The quantitative estimate of drug-likeness (QED) is 0.856. The number of rotatable bonds is 5. The Labute approximate surface area is 140 Å². The Balaban J connectivity index is 1.80. The van der Waals surface area contributed by atoms with Gasteiger partial charge in [0.2, 0.25) is 5.71 Å². The summed E-state index contributed by atoms with van der Waals surface area (Å²) < 4.78 is 6.97. The number of hydrogen-bond acceptors (Lipinski definition) is 4. The number of fused-ring (bicyclic) bond motifs is 1. The van der Waals surface area contributed by atoms with Gasteiger partial charge in [-0.1, -0.05) is 11.6 Å². The third kappa shape index (κ3) is 3.13. The summed E-state index contributed by atoms with van der Waals surface area (Å²) in [5, 5.41) is 3.18. The van der Waals surface area contributed by atoms with E-state index in [9.17, 15) is 9.59 Å². The lowest BCUT2D eigenvalue weighted by molar-refractivity contribution is 0.0954. The summed E-state index contributed by atoms with van der Waals surface area (Å²) in [5.74, 6) is 0.160. The van der Waals surface area contributed by atoms with E-state index in [-0.39, 0.29) is 22.6 Å². The van der Waals surface area contributed by atoms with Crippen molar-refractivity contribution in [1.82, 2.24) is 14.9 Å². The Morgan fingerprint density at radius 2 is 2.25 bits per heavy atom. The Morgan fingerprint density at radius 3 is 2.96 bits per heavy atom. The molecule has 0 aliphatic heterocycles. The number of carbonyl (C=O) groups is 1. The lowest BCUT2D eigenvalue weighted by atomic mass is 9.97. The molecule has 6 nitrogen and oxygen atoms in total. The normalized spacial score (nSPS) is 14.7. The molecule has 0 spiro atoms. The molecule has 3 rings (SSSR count). The van der Waals surface area contributed by atoms with Gasteiger partial charge in [-0.25, -0.2) is 4.98 Å². The molecule has 0 aromatic carbocycles. The first-order valence-electron chi connectivity index (χ1n) is 8.56. The summed E-state index contributed by atoms with van der Waals surface area (Å²) in [4.78, 5) is 29.2. The molecule has 128 valence electrons. The van der Waals surface area contributed by atoms with Gasteiger partial charge in [-0.3, -0.25) is 14.2 Å². The van der Waals surface area contributed by atoms with Crippen LogP contribution in [0.25, 0.3) is 11.1 Å². The molecule has 0 radical (unpaired) electrons. The second-order valence-corrected chi connectivity index (χ2v) is 6.16. The molecular weight excluding hydrogens is 306 g/mol. The Morgan fingerprint density at radius 1 is 1.42 bits per heavy atom. The molecule has 1 amide bonds. The fourth-order valence-electron chi connectivity index (χ4n) is 3.19. The summed E-state index contributed by atoms with van der Waals surface area (Å²) in [6.07, 6.45) is 9.33.